The predicted molar refractivity (Wildman–Crippen MR) is 97.8 cm³/mol. The summed E-state index contributed by atoms with van der Waals surface area (Å²) < 4.78 is 55.2. The van der Waals surface area contributed by atoms with Gasteiger partial charge in [-0.1, -0.05) is 18.2 Å². The number of rotatable bonds is 4. The van der Waals surface area contributed by atoms with Crippen LogP contribution in [0, 0.1) is 11.6 Å². The van der Waals surface area contributed by atoms with Gasteiger partial charge in [-0.05, 0) is 42.5 Å². The molecule has 0 bridgehead atoms. The number of benzene rings is 2. The summed E-state index contributed by atoms with van der Waals surface area (Å²) in [7, 11) is -4.03. The molecule has 5 nitrogen and oxygen atoms in total. The highest BCUT2D eigenvalue weighted by molar-refractivity contribution is 7.92. The lowest BCUT2D eigenvalue weighted by Gasteiger charge is -2.09. The second-order valence-electron chi connectivity index (χ2n) is 5.85. The van der Waals surface area contributed by atoms with Crippen LogP contribution in [0.5, 0.6) is 0 Å². The monoisotopic (exact) mass is 385 g/mol. The Morgan fingerprint density at radius 3 is 2.41 bits per heavy atom. The molecule has 0 spiro atoms. The van der Waals surface area contributed by atoms with Crippen molar-refractivity contribution in [2.45, 2.75) is 4.90 Å². The SMILES string of the molecule is O=S(=O)(Nc1ccc(-c2cn3ccccc3n2)cc1)c1ccc(F)c(F)c1. The molecule has 2 heterocycles. The maximum Gasteiger partial charge on any atom is 0.261 e. The van der Waals surface area contributed by atoms with Crippen LogP contribution in [0.3, 0.4) is 0 Å². The topological polar surface area (TPSA) is 63.5 Å². The molecule has 2 aromatic carbocycles. The maximum atomic E-state index is 13.3. The zero-order chi connectivity index (χ0) is 19.0. The number of fused-ring (bicyclic) bond motifs is 1. The Kier molecular flexibility index (Phi) is 4.12. The van der Waals surface area contributed by atoms with E-state index in [0.717, 1.165) is 29.0 Å². The van der Waals surface area contributed by atoms with Crippen molar-refractivity contribution >= 4 is 21.4 Å². The van der Waals surface area contributed by atoms with E-state index in [-0.39, 0.29) is 4.90 Å². The van der Waals surface area contributed by atoms with Gasteiger partial charge < -0.3 is 4.40 Å². The Balaban J connectivity index is 1.59. The fourth-order valence-corrected chi connectivity index (χ4v) is 3.71. The van der Waals surface area contributed by atoms with Crippen LogP contribution in [-0.4, -0.2) is 17.8 Å². The molecule has 0 amide bonds. The van der Waals surface area contributed by atoms with Gasteiger partial charge in [-0.15, -0.1) is 0 Å². The normalized spacial score (nSPS) is 11.6. The lowest BCUT2D eigenvalue weighted by atomic mass is 10.1. The van der Waals surface area contributed by atoms with Crippen molar-refractivity contribution in [2.24, 2.45) is 0 Å². The molecule has 0 radical (unpaired) electrons. The van der Waals surface area contributed by atoms with E-state index in [4.69, 9.17) is 0 Å². The van der Waals surface area contributed by atoms with Gasteiger partial charge in [0.2, 0.25) is 0 Å². The first-order chi connectivity index (χ1) is 12.9. The number of hydrogen-bond acceptors (Lipinski definition) is 3. The Labute approximate surface area is 154 Å². The summed E-state index contributed by atoms with van der Waals surface area (Å²) in [5.41, 5.74) is 2.66. The van der Waals surface area contributed by atoms with Crippen molar-refractivity contribution in [1.29, 1.82) is 0 Å². The molecule has 0 saturated carbocycles. The van der Waals surface area contributed by atoms with Crippen LogP contribution in [0.2, 0.25) is 0 Å². The Bertz CT molecular complexity index is 1200. The summed E-state index contributed by atoms with van der Waals surface area (Å²) in [4.78, 5) is 4.14. The van der Waals surface area contributed by atoms with Crippen molar-refractivity contribution in [3.8, 4) is 11.3 Å². The van der Waals surface area contributed by atoms with Crippen LogP contribution in [0.4, 0.5) is 14.5 Å². The van der Waals surface area contributed by atoms with Crippen LogP contribution in [0.1, 0.15) is 0 Å². The summed E-state index contributed by atoms with van der Waals surface area (Å²) in [6.45, 7) is 0. The lowest BCUT2D eigenvalue weighted by Crippen LogP contribution is -2.13. The number of pyridine rings is 1. The van der Waals surface area contributed by atoms with Crippen molar-refractivity contribution in [3.63, 3.8) is 0 Å². The van der Waals surface area contributed by atoms with E-state index >= 15 is 0 Å². The van der Waals surface area contributed by atoms with Crippen LogP contribution in [-0.2, 0) is 10.0 Å². The van der Waals surface area contributed by atoms with Crippen LogP contribution in [0.25, 0.3) is 16.9 Å². The fourth-order valence-electron chi connectivity index (χ4n) is 2.64. The molecule has 0 fully saturated rings. The minimum absolute atomic E-state index is 0.298. The van der Waals surface area contributed by atoms with Crippen LogP contribution >= 0.6 is 0 Å². The second kappa shape index (κ2) is 6.48. The van der Waals surface area contributed by atoms with Gasteiger partial charge in [0.15, 0.2) is 11.6 Å². The molecule has 0 aliphatic heterocycles. The van der Waals surface area contributed by atoms with E-state index < -0.39 is 21.7 Å². The first-order valence-electron chi connectivity index (χ1n) is 7.94. The molecule has 0 aliphatic carbocycles. The standard InChI is InChI=1S/C19H13F2N3O2S/c20-16-9-8-15(11-17(16)21)27(25,26)23-14-6-4-13(5-7-14)18-12-24-10-2-1-3-19(24)22-18/h1-12,23H. The number of nitrogens with one attached hydrogen (secondary N) is 1. The van der Waals surface area contributed by atoms with Gasteiger partial charge in [0.05, 0.1) is 10.6 Å². The highest BCUT2D eigenvalue weighted by atomic mass is 32.2. The van der Waals surface area contributed by atoms with E-state index in [0.29, 0.717) is 11.8 Å². The smallest absolute Gasteiger partial charge is 0.261 e. The van der Waals surface area contributed by atoms with Gasteiger partial charge in [-0.25, -0.2) is 22.2 Å². The van der Waals surface area contributed by atoms with Gasteiger partial charge in [-0.2, -0.15) is 0 Å². The van der Waals surface area contributed by atoms with Gasteiger partial charge in [0, 0.05) is 23.6 Å². The molecule has 136 valence electrons. The Morgan fingerprint density at radius 2 is 1.70 bits per heavy atom. The lowest BCUT2D eigenvalue weighted by molar-refractivity contribution is 0.504. The number of nitrogens with zero attached hydrogens (tertiary/aromatic N) is 2. The minimum Gasteiger partial charge on any atom is -0.306 e. The molecule has 2 aromatic heterocycles. The molecule has 0 atom stereocenters. The minimum atomic E-state index is -4.03. The number of halogens is 2. The maximum absolute atomic E-state index is 13.3. The van der Waals surface area contributed by atoms with Crippen LogP contribution < -0.4 is 4.72 Å². The van der Waals surface area contributed by atoms with Gasteiger partial charge >= 0.3 is 0 Å². The van der Waals surface area contributed by atoms with Crippen molar-refractivity contribution in [2.75, 3.05) is 4.72 Å². The quantitative estimate of drug-likeness (QED) is 0.576. The number of anilines is 1. The average molecular weight is 385 g/mol. The predicted octanol–water partition coefficient (Wildman–Crippen LogP) is 4.08. The second-order valence-corrected chi connectivity index (χ2v) is 7.53. The summed E-state index contributed by atoms with van der Waals surface area (Å²) in [5.74, 6) is -2.33. The first-order valence-corrected chi connectivity index (χ1v) is 9.43. The fraction of sp³-hybridized carbons (Fsp3) is 0. The molecule has 0 aliphatic rings. The van der Waals surface area contributed by atoms with Crippen molar-refractivity contribution in [3.05, 3.63) is 84.7 Å². The third-order valence-electron chi connectivity index (χ3n) is 4.00. The van der Waals surface area contributed by atoms with E-state index in [2.05, 4.69) is 9.71 Å². The number of sulfonamides is 1. The average Bonchev–Trinajstić information content (AvgIpc) is 3.08. The summed E-state index contributed by atoms with van der Waals surface area (Å²) >= 11 is 0. The Morgan fingerprint density at radius 1 is 0.926 bits per heavy atom. The molecule has 4 rings (SSSR count). The molecular formula is C19H13F2N3O2S. The number of hydrogen-bond donors (Lipinski definition) is 1. The first kappa shape index (κ1) is 17.2. The van der Waals surface area contributed by atoms with E-state index in [1.54, 1.807) is 24.3 Å². The van der Waals surface area contributed by atoms with Gasteiger partial charge in [0.1, 0.15) is 5.65 Å². The Hall–Kier alpha value is -3.26. The van der Waals surface area contributed by atoms with Crippen LogP contribution in [0.15, 0.2) is 78.0 Å². The van der Waals surface area contributed by atoms with Crippen molar-refractivity contribution in [1.82, 2.24) is 9.38 Å². The van der Waals surface area contributed by atoms with Gasteiger partial charge in [0.25, 0.3) is 10.0 Å². The summed E-state index contributed by atoms with van der Waals surface area (Å²) in [5, 5.41) is 0. The third kappa shape index (κ3) is 3.39. The zero-order valence-electron chi connectivity index (χ0n) is 13.8. The van der Waals surface area contributed by atoms with Crippen molar-refractivity contribution < 1.29 is 17.2 Å². The summed E-state index contributed by atoms with van der Waals surface area (Å²) in [6, 6.07) is 14.7. The van der Waals surface area contributed by atoms with E-state index in [1.165, 1.54) is 0 Å². The largest absolute Gasteiger partial charge is 0.306 e. The number of imidazole rings is 1. The zero-order valence-corrected chi connectivity index (χ0v) is 14.6. The van der Waals surface area contributed by atoms with E-state index in [1.807, 2.05) is 35.0 Å². The molecule has 8 heteroatoms. The molecule has 4 aromatic rings. The molecule has 1 N–H and O–H groups in total. The molecule has 0 unspecified atom stereocenters. The molecular weight excluding hydrogens is 372 g/mol. The van der Waals surface area contributed by atoms with Gasteiger partial charge in [-0.3, -0.25) is 4.72 Å². The number of aromatic nitrogens is 2. The molecule has 0 saturated heterocycles. The van der Waals surface area contributed by atoms with E-state index in [9.17, 15) is 17.2 Å². The third-order valence-corrected chi connectivity index (χ3v) is 5.38. The highest BCUT2D eigenvalue weighted by Crippen LogP contribution is 2.23. The highest BCUT2D eigenvalue weighted by Gasteiger charge is 2.17. The molecule has 27 heavy (non-hydrogen) atoms. The summed E-state index contributed by atoms with van der Waals surface area (Å²) in [6.07, 6.45) is 3.76.